The number of hydrogen-bond acceptors (Lipinski definition) is 5. The average molecular weight is 369 g/mol. The molecule has 3 rings (SSSR count). The fraction of sp³-hybridized carbons (Fsp3) is 0.400. The molecule has 1 aromatic heterocycles. The number of aromatic nitrogens is 1. The van der Waals surface area contributed by atoms with Crippen molar-refractivity contribution in [2.45, 2.75) is 45.8 Å². The van der Waals surface area contributed by atoms with Crippen LogP contribution in [0.15, 0.2) is 42.0 Å². The zero-order valence-corrected chi connectivity index (χ0v) is 16.7. The maximum Gasteiger partial charge on any atom is 0.491 e. The Labute approximate surface area is 159 Å². The Morgan fingerprint density at radius 1 is 1.19 bits per heavy atom. The molecule has 6 heteroatoms. The van der Waals surface area contributed by atoms with Gasteiger partial charge in [0, 0.05) is 24.3 Å². The van der Waals surface area contributed by atoms with Crippen molar-refractivity contribution in [1.82, 2.24) is 4.98 Å². The van der Waals surface area contributed by atoms with Crippen LogP contribution >= 0.6 is 11.8 Å². The van der Waals surface area contributed by atoms with Gasteiger partial charge in [0.05, 0.1) is 16.7 Å². The number of carbonyl (C=O) groups excluding carboxylic acids is 1. The average Bonchev–Trinajstić information content (AvgIpc) is 2.79. The van der Waals surface area contributed by atoms with E-state index in [1.807, 2.05) is 52.0 Å². The van der Waals surface area contributed by atoms with Gasteiger partial charge in [0.15, 0.2) is 5.12 Å². The molecule has 0 bridgehead atoms. The van der Waals surface area contributed by atoms with Crippen LogP contribution in [0, 0.1) is 0 Å². The number of benzene rings is 1. The number of fused-ring (bicyclic) bond motifs is 1. The van der Waals surface area contributed by atoms with Gasteiger partial charge in [-0.3, -0.25) is 9.78 Å². The highest BCUT2D eigenvalue weighted by molar-refractivity contribution is 8.13. The van der Waals surface area contributed by atoms with Crippen LogP contribution in [0.4, 0.5) is 0 Å². The van der Waals surface area contributed by atoms with E-state index in [1.165, 1.54) is 11.8 Å². The Hall–Kier alpha value is -1.63. The zero-order chi connectivity index (χ0) is 18.9. The number of pyridine rings is 1. The molecule has 1 saturated heterocycles. The van der Waals surface area contributed by atoms with Crippen molar-refractivity contribution < 1.29 is 14.1 Å². The van der Waals surface area contributed by atoms with Crippen LogP contribution in [-0.4, -0.2) is 34.2 Å². The Bertz CT molecular complexity index is 847. The largest absolute Gasteiger partial charge is 0.491 e. The summed E-state index contributed by atoms with van der Waals surface area (Å²) in [4.78, 5) is 15.8. The second-order valence-corrected chi connectivity index (χ2v) is 8.70. The molecule has 1 aromatic carbocycles. The summed E-state index contributed by atoms with van der Waals surface area (Å²) in [6.45, 7) is 9.71. The van der Waals surface area contributed by atoms with Crippen LogP contribution in [0.5, 0.6) is 0 Å². The highest BCUT2D eigenvalue weighted by atomic mass is 32.2. The molecule has 4 nitrogen and oxygen atoms in total. The van der Waals surface area contributed by atoms with E-state index < -0.39 is 18.3 Å². The van der Waals surface area contributed by atoms with E-state index in [2.05, 4.69) is 17.1 Å². The van der Waals surface area contributed by atoms with Crippen molar-refractivity contribution in [1.29, 1.82) is 0 Å². The molecule has 0 amide bonds. The number of carbonyl (C=O) groups is 1. The molecule has 1 fully saturated rings. The van der Waals surface area contributed by atoms with Gasteiger partial charge in [0.1, 0.15) is 0 Å². The van der Waals surface area contributed by atoms with Crippen molar-refractivity contribution in [2.75, 3.05) is 5.75 Å². The molecule has 136 valence electrons. The van der Waals surface area contributed by atoms with E-state index >= 15 is 0 Å². The van der Waals surface area contributed by atoms with Gasteiger partial charge in [-0.05, 0) is 56.9 Å². The SMILES string of the molecule is CC(=O)SCC(=Cc1ccc2ncccc2c1)B1OC(C)(C)C(C)(C)O1. The zero-order valence-electron chi connectivity index (χ0n) is 15.9. The summed E-state index contributed by atoms with van der Waals surface area (Å²) in [5.41, 5.74) is 2.13. The summed E-state index contributed by atoms with van der Waals surface area (Å²) in [6, 6.07) is 10.1. The van der Waals surface area contributed by atoms with E-state index in [-0.39, 0.29) is 5.12 Å². The number of nitrogens with zero attached hydrogens (tertiary/aromatic N) is 1. The predicted molar refractivity (Wildman–Crippen MR) is 109 cm³/mol. The summed E-state index contributed by atoms with van der Waals surface area (Å²) < 4.78 is 12.4. The molecule has 0 saturated carbocycles. The molecule has 26 heavy (non-hydrogen) atoms. The van der Waals surface area contributed by atoms with E-state index in [0.29, 0.717) is 5.75 Å². The monoisotopic (exact) mass is 369 g/mol. The molecule has 0 aliphatic carbocycles. The van der Waals surface area contributed by atoms with Crippen molar-refractivity contribution in [3.63, 3.8) is 0 Å². The van der Waals surface area contributed by atoms with Crippen LogP contribution in [0.1, 0.15) is 40.2 Å². The Morgan fingerprint density at radius 3 is 2.54 bits per heavy atom. The fourth-order valence-electron chi connectivity index (χ4n) is 2.76. The van der Waals surface area contributed by atoms with Crippen LogP contribution in [0.3, 0.4) is 0 Å². The summed E-state index contributed by atoms with van der Waals surface area (Å²) in [6.07, 6.45) is 3.85. The second-order valence-electron chi connectivity index (χ2n) is 7.54. The normalized spacial score (nSPS) is 19.1. The first-order valence-corrected chi connectivity index (χ1v) is 9.71. The molecule has 0 unspecified atom stereocenters. The van der Waals surface area contributed by atoms with Crippen molar-refractivity contribution in [3.05, 3.63) is 47.6 Å². The molecule has 2 aromatic rings. The molecule has 1 aliphatic rings. The van der Waals surface area contributed by atoms with E-state index in [9.17, 15) is 4.79 Å². The highest BCUT2D eigenvalue weighted by Crippen LogP contribution is 2.39. The standard InChI is InChI=1S/C20H24BNO3S/c1-14(23)26-13-17(21-24-19(2,3)20(4,5)25-21)12-15-8-9-18-16(11-15)7-6-10-22-18/h6-12H,13H2,1-5H3. The van der Waals surface area contributed by atoms with Gasteiger partial charge in [-0.2, -0.15) is 0 Å². The minimum atomic E-state index is -0.462. The molecule has 0 spiro atoms. The minimum Gasteiger partial charge on any atom is -0.400 e. The summed E-state index contributed by atoms with van der Waals surface area (Å²) in [5, 5.41) is 1.16. The van der Waals surface area contributed by atoms with Crippen LogP contribution in [0.2, 0.25) is 0 Å². The maximum absolute atomic E-state index is 11.5. The molecular formula is C20H24BNO3S. The topological polar surface area (TPSA) is 48.4 Å². The Balaban J connectivity index is 1.94. The molecular weight excluding hydrogens is 345 g/mol. The van der Waals surface area contributed by atoms with Gasteiger partial charge < -0.3 is 9.31 Å². The predicted octanol–water partition coefficient (Wildman–Crippen LogP) is 4.53. The number of thioether (sulfide) groups is 1. The fourth-order valence-corrected chi connectivity index (χ4v) is 3.34. The maximum atomic E-state index is 11.5. The van der Waals surface area contributed by atoms with Crippen LogP contribution < -0.4 is 0 Å². The quantitative estimate of drug-likeness (QED) is 0.741. The highest BCUT2D eigenvalue weighted by Gasteiger charge is 2.52. The lowest BCUT2D eigenvalue weighted by atomic mass is 9.78. The molecule has 0 radical (unpaired) electrons. The smallest absolute Gasteiger partial charge is 0.400 e. The number of hydrogen-bond donors (Lipinski definition) is 0. The molecule has 2 heterocycles. The van der Waals surface area contributed by atoms with Gasteiger partial charge in [-0.25, -0.2) is 0 Å². The van der Waals surface area contributed by atoms with Crippen LogP contribution in [0.25, 0.3) is 17.0 Å². The lowest BCUT2D eigenvalue weighted by molar-refractivity contribution is -0.109. The summed E-state index contributed by atoms with van der Waals surface area (Å²) in [7, 11) is -0.462. The van der Waals surface area contributed by atoms with Gasteiger partial charge in [0.2, 0.25) is 0 Å². The lowest BCUT2D eigenvalue weighted by Gasteiger charge is -2.32. The van der Waals surface area contributed by atoms with Gasteiger partial charge in [0.25, 0.3) is 0 Å². The van der Waals surface area contributed by atoms with E-state index in [1.54, 1.807) is 13.1 Å². The molecule has 0 N–H and O–H groups in total. The van der Waals surface area contributed by atoms with E-state index in [0.717, 1.165) is 21.9 Å². The first-order valence-electron chi connectivity index (χ1n) is 8.72. The summed E-state index contributed by atoms with van der Waals surface area (Å²) in [5.74, 6) is 0.539. The first kappa shape index (κ1) is 19.1. The molecule has 0 atom stereocenters. The van der Waals surface area contributed by atoms with Gasteiger partial charge >= 0.3 is 7.12 Å². The third-order valence-corrected chi connectivity index (χ3v) is 5.86. The van der Waals surface area contributed by atoms with Gasteiger partial charge in [-0.1, -0.05) is 30.0 Å². The Kier molecular flexibility index (Phi) is 5.29. The third-order valence-electron chi connectivity index (χ3n) is 4.98. The van der Waals surface area contributed by atoms with Crippen LogP contribution in [-0.2, 0) is 14.1 Å². The first-order chi connectivity index (χ1) is 12.2. The van der Waals surface area contributed by atoms with Crippen molar-refractivity contribution in [3.8, 4) is 0 Å². The number of rotatable bonds is 4. The Morgan fingerprint density at radius 2 is 1.88 bits per heavy atom. The summed E-state index contributed by atoms with van der Waals surface area (Å²) >= 11 is 1.27. The molecule has 1 aliphatic heterocycles. The lowest BCUT2D eigenvalue weighted by Crippen LogP contribution is -2.41. The van der Waals surface area contributed by atoms with E-state index in [4.69, 9.17) is 9.31 Å². The van der Waals surface area contributed by atoms with Crippen molar-refractivity contribution in [2.24, 2.45) is 0 Å². The third kappa shape index (κ3) is 4.03. The minimum absolute atomic E-state index is 0.0788. The second kappa shape index (κ2) is 7.18. The van der Waals surface area contributed by atoms with Gasteiger partial charge in [-0.15, -0.1) is 0 Å². The van der Waals surface area contributed by atoms with Crippen molar-refractivity contribution >= 4 is 41.0 Å².